The largest absolute Gasteiger partial charge is 0.388 e. The molecule has 1 aliphatic rings. The molecule has 0 saturated heterocycles. The molecule has 0 saturated carbocycles. The summed E-state index contributed by atoms with van der Waals surface area (Å²) in [6, 6.07) is 0.311. The molecule has 78 valence electrons. The minimum atomic E-state index is -0.351. The maximum Gasteiger partial charge on any atom is 0.0830 e. The summed E-state index contributed by atoms with van der Waals surface area (Å²) in [5.74, 6) is 0. The van der Waals surface area contributed by atoms with Gasteiger partial charge in [0, 0.05) is 18.2 Å². The smallest absolute Gasteiger partial charge is 0.0830 e. The van der Waals surface area contributed by atoms with Crippen molar-refractivity contribution in [3.05, 3.63) is 17.0 Å². The van der Waals surface area contributed by atoms with Gasteiger partial charge in [-0.1, -0.05) is 0 Å². The Morgan fingerprint density at radius 2 is 2.36 bits per heavy atom. The van der Waals surface area contributed by atoms with Crippen molar-refractivity contribution >= 4 is 0 Å². The highest BCUT2D eigenvalue weighted by Crippen LogP contribution is 2.34. The lowest BCUT2D eigenvalue weighted by Gasteiger charge is -2.12. The van der Waals surface area contributed by atoms with Crippen molar-refractivity contribution in [1.82, 2.24) is 9.78 Å². The van der Waals surface area contributed by atoms with E-state index < -0.39 is 0 Å². The number of aliphatic hydroxyl groups excluding tert-OH is 1. The van der Waals surface area contributed by atoms with E-state index in [1.165, 1.54) is 0 Å². The van der Waals surface area contributed by atoms with Crippen LogP contribution in [-0.4, -0.2) is 14.9 Å². The fourth-order valence-corrected chi connectivity index (χ4v) is 2.15. The van der Waals surface area contributed by atoms with Crippen LogP contribution in [0.25, 0.3) is 0 Å². The fraction of sp³-hybridized carbons (Fsp3) is 0.700. The molecule has 4 heteroatoms. The number of nitrogens with zero attached hydrogens (tertiary/aromatic N) is 2. The Hall–Kier alpha value is -0.870. The maximum absolute atomic E-state index is 9.78. The number of fused-ring (bicyclic) bond motifs is 1. The third-order valence-electron chi connectivity index (χ3n) is 2.80. The molecule has 3 N–H and O–H groups in total. The van der Waals surface area contributed by atoms with Gasteiger partial charge in [0.05, 0.1) is 17.5 Å². The Labute approximate surface area is 83.7 Å². The summed E-state index contributed by atoms with van der Waals surface area (Å²) in [7, 11) is 0. The first-order chi connectivity index (χ1) is 6.65. The molecule has 1 unspecified atom stereocenters. The molecule has 0 aliphatic heterocycles. The summed E-state index contributed by atoms with van der Waals surface area (Å²) in [5.41, 5.74) is 8.72. The summed E-state index contributed by atoms with van der Waals surface area (Å²) >= 11 is 0. The van der Waals surface area contributed by atoms with Crippen LogP contribution in [0.4, 0.5) is 0 Å². The molecule has 0 fully saturated rings. The van der Waals surface area contributed by atoms with Crippen LogP contribution in [0.15, 0.2) is 0 Å². The van der Waals surface area contributed by atoms with Gasteiger partial charge in [0.25, 0.3) is 0 Å². The van der Waals surface area contributed by atoms with Gasteiger partial charge in [-0.05, 0) is 26.7 Å². The maximum atomic E-state index is 9.78. The van der Waals surface area contributed by atoms with E-state index in [1.54, 1.807) is 0 Å². The highest BCUT2D eigenvalue weighted by atomic mass is 16.3. The first-order valence-electron chi connectivity index (χ1n) is 5.13. The van der Waals surface area contributed by atoms with Crippen LogP contribution < -0.4 is 5.73 Å². The second-order valence-electron chi connectivity index (χ2n) is 4.10. The molecule has 2 rings (SSSR count). The van der Waals surface area contributed by atoms with E-state index in [1.807, 2.05) is 4.68 Å². The Morgan fingerprint density at radius 1 is 1.64 bits per heavy atom. The van der Waals surface area contributed by atoms with Gasteiger partial charge in [-0.15, -0.1) is 0 Å². The minimum Gasteiger partial charge on any atom is -0.388 e. The molecule has 1 aromatic heterocycles. The molecule has 0 radical (unpaired) electrons. The highest BCUT2D eigenvalue weighted by molar-refractivity contribution is 5.33. The normalized spacial score (nSPS) is 20.5. The number of rotatable bonds is 2. The lowest BCUT2D eigenvalue weighted by Crippen LogP contribution is -2.13. The lowest BCUT2D eigenvalue weighted by molar-refractivity contribution is 0.178. The van der Waals surface area contributed by atoms with Crippen LogP contribution in [0, 0.1) is 0 Å². The summed E-state index contributed by atoms with van der Waals surface area (Å²) in [5, 5.41) is 14.3. The SMILES string of the molecule is CC(C)n1nc2c(c1CN)C(O)CC2. The van der Waals surface area contributed by atoms with Crippen molar-refractivity contribution in [3.8, 4) is 0 Å². The van der Waals surface area contributed by atoms with E-state index in [-0.39, 0.29) is 6.10 Å². The van der Waals surface area contributed by atoms with Gasteiger partial charge in [0.15, 0.2) is 0 Å². The third-order valence-corrected chi connectivity index (χ3v) is 2.80. The summed E-state index contributed by atoms with van der Waals surface area (Å²) in [6.07, 6.45) is 1.32. The standard InChI is InChI=1S/C10H17N3O/c1-6(2)13-8(5-11)10-7(12-13)3-4-9(10)14/h6,9,14H,3-5,11H2,1-2H3. The van der Waals surface area contributed by atoms with E-state index in [0.29, 0.717) is 12.6 Å². The van der Waals surface area contributed by atoms with Crippen molar-refractivity contribution in [2.24, 2.45) is 5.73 Å². The van der Waals surface area contributed by atoms with Gasteiger partial charge in [0.1, 0.15) is 0 Å². The molecule has 1 atom stereocenters. The molecule has 4 nitrogen and oxygen atoms in total. The Morgan fingerprint density at radius 3 is 2.93 bits per heavy atom. The number of aryl methyl sites for hydroxylation is 1. The second-order valence-corrected chi connectivity index (χ2v) is 4.10. The molecular weight excluding hydrogens is 178 g/mol. The van der Waals surface area contributed by atoms with Crippen molar-refractivity contribution in [2.75, 3.05) is 0 Å². The molecule has 0 amide bonds. The third kappa shape index (κ3) is 1.26. The van der Waals surface area contributed by atoms with Gasteiger partial charge < -0.3 is 10.8 Å². The van der Waals surface area contributed by atoms with Crippen LogP contribution in [0.3, 0.4) is 0 Å². The number of aromatic nitrogens is 2. The summed E-state index contributed by atoms with van der Waals surface area (Å²) in [4.78, 5) is 0. The van der Waals surface area contributed by atoms with Crippen LogP contribution in [-0.2, 0) is 13.0 Å². The highest BCUT2D eigenvalue weighted by Gasteiger charge is 2.28. The average Bonchev–Trinajstić information content (AvgIpc) is 2.66. The van der Waals surface area contributed by atoms with Crippen molar-refractivity contribution in [2.45, 2.75) is 45.4 Å². The van der Waals surface area contributed by atoms with Gasteiger partial charge in [-0.3, -0.25) is 4.68 Å². The number of aliphatic hydroxyl groups is 1. The summed E-state index contributed by atoms with van der Waals surface area (Å²) in [6.45, 7) is 4.61. The topological polar surface area (TPSA) is 64.1 Å². The number of hydrogen-bond donors (Lipinski definition) is 2. The number of hydrogen-bond acceptors (Lipinski definition) is 3. The average molecular weight is 195 g/mol. The fourth-order valence-electron chi connectivity index (χ4n) is 2.15. The molecule has 0 spiro atoms. The van der Waals surface area contributed by atoms with Crippen molar-refractivity contribution in [3.63, 3.8) is 0 Å². The Bertz CT molecular complexity index is 343. The lowest BCUT2D eigenvalue weighted by atomic mass is 10.1. The second kappa shape index (κ2) is 3.37. The zero-order valence-corrected chi connectivity index (χ0v) is 8.70. The molecule has 1 aromatic rings. The Balaban J connectivity index is 2.51. The van der Waals surface area contributed by atoms with Gasteiger partial charge in [0.2, 0.25) is 0 Å². The van der Waals surface area contributed by atoms with Crippen molar-refractivity contribution in [1.29, 1.82) is 0 Å². The number of nitrogens with two attached hydrogens (primary N) is 1. The molecule has 1 heterocycles. The minimum absolute atomic E-state index is 0.311. The monoisotopic (exact) mass is 195 g/mol. The van der Waals surface area contributed by atoms with Crippen LogP contribution >= 0.6 is 0 Å². The first-order valence-corrected chi connectivity index (χ1v) is 5.13. The summed E-state index contributed by atoms with van der Waals surface area (Å²) < 4.78 is 1.94. The Kier molecular flexibility index (Phi) is 2.33. The van der Waals surface area contributed by atoms with E-state index in [4.69, 9.17) is 5.73 Å². The molecule has 14 heavy (non-hydrogen) atoms. The predicted molar refractivity (Wildman–Crippen MR) is 53.8 cm³/mol. The molecule has 0 aromatic carbocycles. The van der Waals surface area contributed by atoms with Crippen molar-refractivity contribution < 1.29 is 5.11 Å². The van der Waals surface area contributed by atoms with Crippen LogP contribution in [0.5, 0.6) is 0 Å². The van der Waals surface area contributed by atoms with Gasteiger partial charge in [-0.25, -0.2) is 0 Å². The van der Waals surface area contributed by atoms with Crippen LogP contribution in [0.1, 0.15) is 49.4 Å². The van der Waals surface area contributed by atoms with Gasteiger partial charge >= 0.3 is 0 Å². The van der Waals surface area contributed by atoms with Gasteiger partial charge in [-0.2, -0.15) is 5.10 Å². The van der Waals surface area contributed by atoms with Crippen LogP contribution in [0.2, 0.25) is 0 Å². The zero-order valence-electron chi connectivity index (χ0n) is 8.70. The molecule has 0 bridgehead atoms. The quantitative estimate of drug-likeness (QED) is 0.737. The first kappa shape index (κ1) is 9.68. The van der Waals surface area contributed by atoms with E-state index in [2.05, 4.69) is 18.9 Å². The van der Waals surface area contributed by atoms with E-state index in [0.717, 1.165) is 29.8 Å². The zero-order chi connectivity index (χ0) is 10.3. The molecular formula is C10H17N3O. The van der Waals surface area contributed by atoms with E-state index >= 15 is 0 Å². The molecule has 1 aliphatic carbocycles. The van der Waals surface area contributed by atoms with E-state index in [9.17, 15) is 5.11 Å². The predicted octanol–water partition coefficient (Wildman–Crippen LogP) is 0.902.